The van der Waals surface area contributed by atoms with Crippen LogP contribution >= 0.6 is 61.1 Å². The molecule has 0 bridgehead atoms. The van der Waals surface area contributed by atoms with Gasteiger partial charge in [0.2, 0.25) is 0 Å². The van der Waals surface area contributed by atoms with Crippen molar-refractivity contribution in [2.24, 2.45) is 0 Å². The fourth-order valence-corrected chi connectivity index (χ4v) is 1.39. The van der Waals surface area contributed by atoms with Crippen LogP contribution in [0.1, 0.15) is 39.0 Å². The monoisotopic (exact) mass is 500 g/mol. The van der Waals surface area contributed by atoms with E-state index >= 15 is 0 Å². The number of carbonyl (C=O) groups excluding carboxylic acids is 1. The van der Waals surface area contributed by atoms with E-state index in [1.54, 1.807) is 0 Å². The van der Waals surface area contributed by atoms with Crippen molar-refractivity contribution < 1.29 is 9.53 Å². The molecule has 0 unspecified atom stereocenters. The van der Waals surface area contributed by atoms with Crippen LogP contribution in [0.25, 0.3) is 0 Å². The first-order chi connectivity index (χ1) is 7.07. The predicted molar refractivity (Wildman–Crippen MR) is 83.7 cm³/mol. The molecule has 0 aliphatic carbocycles. The van der Waals surface area contributed by atoms with Gasteiger partial charge in [-0.15, -0.1) is 0 Å². The topological polar surface area (TPSA) is 26.3 Å². The van der Waals surface area contributed by atoms with Gasteiger partial charge < -0.3 is 4.74 Å². The molecule has 0 atom stereocenters. The van der Waals surface area contributed by atoms with Gasteiger partial charge >= 0.3 is 5.97 Å². The Bertz CT molecular complexity index is 225. The summed E-state index contributed by atoms with van der Waals surface area (Å²) in [6.45, 7) is 2.54. The standard InChI is InChI=1S/C10H15BrI2O2/c1-2-3-4-5-6-9(14)15-7-8(12)10(11)13/h2-7H2,1H3/b10-8+. The fourth-order valence-electron chi connectivity index (χ4n) is 0.967. The van der Waals surface area contributed by atoms with E-state index in [4.69, 9.17) is 4.74 Å². The summed E-state index contributed by atoms with van der Waals surface area (Å²) in [5.74, 6) is -0.0922. The smallest absolute Gasteiger partial charge is 0.306 e. The quantitative estimate of drug-likeness (QED) is 0.281. The molecular formula is C10H15BrI2O2. The highest BCUT2D eigenvalue weighted by Crippen LogP contribution is 2.24. The Balaban J connectivity index is 3.54. The molecule has 0 aliphatic heterocycles. The third-order valence-electron chi connectivity index (χ3n) is 1.80. The van der Waals surface area contributed by atoms with Gasteiger partial charge in [-0.2, -0.15) is 0 Å². The number of halogens is 3. The Morgan fingerprint density at radius 1 is 1.27 bits per heavy atom. The summed E-state index contributed by atoms with van der Waals surface area (Å²) < 4.78 is 7.13. The Morgan fingerprint density at radius 2 is 1.93 bits per heavy atom. The summed E-state index contributed by atoms with van der Waals surface area (Å²) in [5.41, 5.74) is 0. The van der Waals surface area contributed by atoms with E-state index in [1.165, 1.54) is 12.8 Å². The average Bonchev–Trinajstić information content (AvgIpc) is 2.20. The van der Waals surface area contributed by atoms with Gasteiger partial charge in [-0.05, 0) is 67.5 Å². The zero-order valence-electron chi connectivity index (χ0n) is 8.69. The Hall–Kier alpha value is 1.15. The number of unbranched alkanes of at least 4 members (excludes halogenated alkanes) is 3. The normalized spacial score (nSPS) is 12.3. The fraction of sp³-hybridized carbons (Fsp3) is 0.700. The van der Waals surface area contributed by atoms with Crippen LogP contribution < -0.4 is 0 Å². The van der Waals surface area contributed by atoms with Gasteiger partial charge in [-0.25, -0.2) is 0 Å². The molecule has 0 aromatic carbocycles. The first-order valence-corrected chi connectivity index (χ1v) is 7.88. The third kappa shape index (κ3) is 10.0. The Labute approximate surface area is 127 Å². The lowest BCUT2D eigenvalue weighted by Crippen LogP contribution is -2.05. The summed E-state index contributed by atoms with van der Waals surface area (Å²) in [4.78, 5) is 11.3. The first kappa shape index (κ1) is 16.1. The molecule has 0 rings (SSSR count). The van der Waals surface area contributed by atoms with Gasteiger partial charge in [-0.3, -0.25) is 4.79 Å². The second-order valence-corrected chi connectivity index (χ2v) is 7.79. The lowest BCUT2D eigenvalue weighted by Gasteiger charge is -2.04. The first-order valence-electron chi connectivity index (χ1n) is 4.93. The number of carbonyl (C=O) groups is 1. The van der Waals surface area contributed by atoms with Crippen molar-refractivity contribution in [2.45, 2.75) is 39.0 Å². The molecule has 0 aliphatic rings. The highest BCUT2D eigenvalue weighted by atomic mass is 127. The molecule has 0 N–H and O–H groups in total. The molecule has 0 spiro atoms. The maximum Gasteiger partial charge on any atom is 0.306 e. The lowest BCUT2D eigenvalue weighted by molar-refractivity contribution is -0.142. The van der Waals surface area contributed by atoms with E-state index in [0.29, 0.717) is 13.0 Å². The molecule has 0 saturated carbocycles. The molecule has 0 aromatic heterocycles. The zero-order valence-corrected chi connectivity index (χ0v) is 14.6. The second-order valence-electron chi connectivity index (χ2n) is 3.14. The number of hydrogen-bond donors (Lipinski definition) is 0. The van der Waals surface area contributed by atoms with E-state index < -0.39 is 0 Å². The van der Waals surface area contributed by atoms with E-state index in [0.717, 1.165) is 18.9 Å². The zero-order chi connectivity index (χ0) is 11.7. The Kier molecular flexibility index (Phi) is 11.1. The van der Waals surface area contributed by atoms with Crippen molar-refractivity contribution in [2.75, 3.05) is 6.61 Å². The van der Waals surface area contributed by atoms with E-state index in [2.05, 4.69) is 68.0 Å². The SMILES string of the molecule is CCCCCCC(=O)OC/C(I)=C(/Br)I. The van der Waals surface area contributed by atoms with E-state index in [9.17, 15) is 4.79 Å². The van der Waals surface area contributed by atoms with Crippen molar-refractivity contribution in [3.05, 3.63) is 6.07 Å². The molecule has 15 heavy (non-hydrogen) atoms. The minimum Gasteiger partial charge on any atom is -0.460 e. The van der Waals surface area contributed by atoms with Crippen molar-refractivity contribution in [3.8, 4) is 0 Å². The molecule has 0 fully saturated rings. The van der Waals surface area contributed by atoms with Crippen LogP contribution in [0.2, 0.25) is 0 Å². The van der Waals surface area contributed by atoms with Crippen LogP contribution in [0.15, 0.2) is 6.07 Å². The largest absolute Gasteiger partial charge is 0.460 e. The number of hydrogen-bond acceptors (Lipinski definition) is 2. The maximum atomic E-state index is 11.3. The molecule has 5 heteroatoms. The summed E-state index contributed by atoms with van der Waals surface area (Å²) >= 11 is 7.65. The molecule has 0 radical (unpaired) electrons. The number of ether oxygens (including phenoxy) is 1. The maximum absolute atomic E-state index is 11.3. The minimum absolute atomic E-state index is 0.0922. The van der Waals surface area contributed by atoms with Gasteiger partial charge in [0.1, 0.15) is 6.61 Å². The van der Waals surface area contributed by atoms with Crippen molar-refractivity contribution >= 4 is 67.1 Å². The molecule has 0 heterocycles. The second kappa shape index (κ2) is 10.3. The van der Waals surface area contributed by atoms with Crippen LogP contribution in [0.5, 0.6) is 0 Å². The van der Waals surface area contributed by atoms with Crippen LogP contribution in [0, 0.1) is 0 Å². The van der Waals surface area contributed by atoms with Gasteiger partial charge in [0.15, 0.2) is 0 Å². The predicted octanol–water partition coefficient (Wildman–Crippen LogP) is 4.93. The summed E-state index contributed by atoms with van der Waals surface area (Å²) in [5, 5.41) is 0. The van der Waals surface area contributed by atoms with Gasteiger partial charge in [0.25, 0.3) is 0 Å². The summed E-state index contributed by atoms with van der Waals surface area (Å²) in [6.07, 6.45) is 5.00. The highest BCUT2D eigenvalue weighted by molar-refractivity contribution is 14.1. The molecule has 0 amide bonds. The third-order valence-corrected chi connectivity index (χ3v) is 5.55. The molecule has 0 aromatic rings. The van der Waals surface area contributed by atoms with Crippen molar-refractivity contribution in [1.82, 2.24) is 0 Å². The number of esters is 1. The van der Waals surface area contributed by atoms with Gasteiger partial charge in [-0.1, -0.05) is 26.2 Å². The van der Waals surface area contributed by atoms with Crippen LogP contribution in [0.3, 0.4) is 0 Å². The molecule has 0 saturated heterocycles. The van der Waals surface area contributed by atoms with Crippen LogP contribution in [-0.4, -0.2) is 12.6 Å². The van der Waals surface area contributed by atoms with Crippen LogP contribution in [-0.2, 0) is 9.53 Å². The van der Waals surface area contributed by atoms with E-state index in [-0.39, 0.29) is 5.97 Å². The van der Waals surface area contributed by atoms with E-state index in [1.807, 2.05) is 0 Å². The van der Waals surface area contributed by atoms with Crippen molar-refractivity contribution in [1.29, 1.82) is 0 Å². The molecule has 2 nitrogen and oxygen atoms in total. The molecule has 88 valence electrons. The summed E-state index contributed by atoms with van der Waals surface area (Å²) in [6, 6.07) is 0. The number of rotatable bonds is 7. The molecular weight excluding hydrogens is 486 g/mol. The van der Waals surface area contributed by atoms with Crippen LogP contribution in [0.4, 0.5) is 0 Å². The van der Waals surface area contributed by atoms with Gasteiger partial charge in [0, 0.05) is 10.0 Å². The minimum atomic E-state index is -0.0922. The Morgan fingerprint density at radius 3 is 2.47 bits per heavy atom. The highest BCUT2D eigenvalue weighted by Gasteiger charge is 2.04. The average molecular weight is 501 g/mol. The van der Waals surface area contributed by atoms with Crippen molar-refractivity contribution in [3.63, 3.8) is 0 Å². The summed E-state index contributed by atoms with van der Waals surface area (Å²) in [7, 11) is 0. The lowest BCUT2D eigenvalue weighted by atomic mass is 10.2. The van der Waals surface area contributed by atoms with Gasteiger partial charge in [0.05, 0.1) is 2.49 Å².